The molecule has 0 aliphatic carbocycles. The molecule has 0 unspecified atom stereocenters. The molecule has 24 nitrogen and oxygen atoms in total. The summed E-state index contributed by atoms with van der Waals surface area (Å²) >= 11 is 0. The number of fused-ring (bicyclic) bond motifs is 4. The van der Waals surface area contributed by atoms with Crippen LogP contribution < -0.4 is 38.3 Å². The Bertz CT molecular complexity index is 4150. The number of nitrogens with one attached hydrogen (secondary N) is 1. The van der Waals surface area contributed by atoms with E-state index in [-0.39, 0.29) is 23.6 Å². The molecule has 0 saturated carbocycles. The first-order valence-corrected chi connectivity index (χ1v) is 34.1. The van der Waals surface area contributed by atoms with Gasteiger partial charge in [0.05, 0.1) is 117 Å². The van der Waals surface area contributed by atoms with Gasteiger partial charge in [-0.3, -0.25) is 15.0 Å². The first-order valence-electron chi connectivity index (χ1n) is 34.1. The predicted octanol–water partition coefficient (Wildman–Crippen LogP) is 10.1. The molecule has 28 heteroatoms. The van der Waals surface area contributed by atoms with Crippen LogP contribution in [0.2, 0.25) is 0 Å². The number of nitrogens with zero attached hydrogens (tertiary/aromatic N) is 13. The number of hydrogen-bond donors (Lipinski definition) is 4. The highest BCUT2D eigenvalue weighted by Crippen LogP contribution is 2.39. The zero-order valence-electron chi connectivity index (χ0n) is 60.1. The number of rotatable bonds is 8. The third-order valence-corrected chi connectivity index (χ3v) is 18.7. The van der Waals surface area contributed by atoms with Crippen LogP contribution in [-0.2, 0) is 47.7 Å². The Morgan fingerprint density at radius 2 is 1.15 bits per heavy atom. The summed E-state index contributed by atoms with van der Waals surface area (Å²) in [6, 6.07) is 16.3. The van der Waals surface area contributed by atoms with E-state index >= 15 is 0 Å². The van der Waals surface area contributed by atoms with Gasteiger partial charge >= 0.3 is 20.3 Å². The minimum Gasteiger partial charge on any atom is -0.442 e. The van der Waals surface area contributed by atoms with Crippen molar-refractivity contribution in [2.75, 3.05) is 66.8 Å². The van der Waals surface area contributed by atoms with Crippen LogP contribution in [0.5, 0.6) is 0 Å². The van der Waals surface area contributed by atoms with Gasteiger partial charge in [-0.1, -0.05) is 45.0 Å². The number of piperidine rings is 1. The SMILES string of the molecule is CC(C)Nc1ccc(B2OC(C)(C)C(C)(C)O2)cc1F.CC(C)c1nn(C(=O)OC(C)(C)C)c2cc(B3OC(C)(C)C(C)(C)O3)ccc12.CCC1=NCc2ncnc(N)c21.Nc1ncnc2c1C(N1CCCCC1)=NC2.Nc1ncnc2c1C(c1ccc(N3CCOCC3)c(F)c1)=NC2. The lowest BCUT2D eigenvalue weighted by molar-refractivity contribution is 0.00578. The van der Waals surface area contributed by atoms with Crippen molar-refractivity contribution in [2.24, 2.45) is 15.0 Å². The summed E-state index contributed by atoms with van der Waals surface area (Å²) in [4.78, 5) is 54.9. The number of aromatic nitrogens is 8. The molecule has 0 atom stereocenters. The lowest BCUT2D eigenvalue weighted by atomic mass is 9.78. The number of morpholine rings is 1. The maximum absolute atomic E-state index is 14.6. The third kappa shape index (κ3) is 16.4. The van der Waals surface area contributed by atoms with Crippen LogP contribution in [0.4, 0.5) is 42.4 Å². The van der Waals surface area contributed by atoms with Crippen LogP contribution >= 0.6 is 0 Å². The van der Waals surface area contributed by atoms with E-state index in [9.17, 15) is 13.6 Å². The Balaban J connectivity index is 0.000000137. The lowest BCUT2D eigenvalue weighted by Crippen LogP contribution is -2.41. The Morgan fingerprint density at radius 3 is 1.70 bits per heavy atom. The van der Waals surface area contributed by atoms with Crippen molar-refractivity contribution in [3.05, 3.63) is 130 Å². The van der Waals surface area contributed by atoms with Gasteiger partial charge in [-0.15, -0.1) is 0 Å². The number of ether oxygens (including phenoxy) is 2. The Hall–Kier alpha value is -8.56. The molecule has 7 aliphatic rings. The zero-order chi connectivity index (χ0) is 71.5. The van der Waals surface area contributed by atoms with Gasteiger partial charge in [-0.25, -0.2) is 43.5 Å². The minimum absolute atomic E-state index is 0.175. The number of aliphatic imine (C=N–C) groups is 3. The lowest BCUT2D eigenvalue weighted by Gasteiger charge is -2.32. The summed E-state index contributed by atoms with van der Waals surface area (Å²) < 4.78 is 65.0. The molecule has 7 N–H and O–H groups in total. The van der Waals surface area contributed by atoms with Gasteiger partial charge in [0.2, 0.25) is 0 Å². The van der Waals surface area contributed by atoms with E-state index in [1.54, 1.807) is 12.1 Å². The summed E-state index contributed by atoms with van der Waals surface area (Å²) in [5, 5.41) is 8.56. The predicted molar refractivity (Wildman–Crippen MR) is 386 cm³/mol. The average Bonchev–Trinajstić information content (AvgIpc) is 1.63. The number of amidine groups is 1. The standard InChI is InChI=1S/C21H31BN2O4.C16H16FN5O.C15H23BFNO2.C11H15N5.C8H10N4/c1-13(2)17-15-11-10-14(22-27-20(6,7)21(8,9)28-22)12-16(15)24(23-17)18(25)26-19(3,4)5;17-11-7-10(1-2-13(11)22-3-5-23-6-4-22)15-14-12(8-19-15)20-9-21-16(14)18;1-10(2)18-13-8-7-11(9-12(13)17)16-19-14(3,4)15(5,6)20-16;12-10-9-8(14-7-15-10)6-13-11(9)16-4-2-1-3-5-16;1-2-5-7-6(3-10-5)11-4-12-8(7)9/h10-13H,1-9H3;1-2,7,9H,3-6,8H2,(H2,18,20,21);7-10,18H,1-6H3;7H,1-6H2,(H2,12,14,15);4H,2-3H2,1H3,(H2,9,11,12). The summed E-state index contributed by atoms with van der Waals surface area (Å²) in [5.41, 5.74) is 27.2. The second kappa shape index (κ2) is 29.7. The molecule has 14 rings (SSSR count). The second-order valence-electron chi connectivity index (χ2n) is 28.9. The highest BCUT2D eigenvalue weighted by Gasteiger charge is 2.53. The van der Waals surface area contributed by atoms with Crippen LogP contribution in [0.15, 0.2) is 88.6 Å². The number of nitrogen functional groups attached to an aromatic ring is 3. The molecule has 4 saturated heterocycles. The van der Waals surface area contributed by atoms with Gasteiger partial charge in [-0.2, -0.15) is 9.78 Å². The highest BCUT2D eigenvalue weighted by molar-refractivity contribution is 6.62. The normalized spacial score (nSPS) is 18.3. The van der Waals surface area contributed by atoms with Gasteiger partial charge in [0, 0.05) is 48.9 Å². The van der Waals surface area contributed by atoms with Crippen molar-refractivity contribution in [1.29, 1.82) is 0 Å². The Kier molecular flexibility index (Phi) is 22.0. The number of likely N-dealkylation sites (tertiary alicyclic amines) is 1. The molecular formula is C71H95B2F2N17O7. The van der Waals surface area contributed by atoms with E-state index in [2.05, 4.69) is 81.0 Å². The molecule has 4 aromatic heterocycles. The van der Waals surface area contributed by atoms with E-state index in [4.69, 9.17) is 45.3 Å². The van der Waals surface area contributed by atoms with Crippen molar-refractivity contribution in [3.63, 3.8) is 0 Å². The van der Waals surface area contributed by atoms with Gasteiger partial charge < -0.3 is 60.4 Å². The average molecular weight is 1360 g/mol. The van der Waals surface area contributed by atoms with Crippen molar-refractivity contribution < 1.29 is 41.7 Å². The number of halogens is 2. The van der Waals surface area contributed by atoms with Gasteiger partial charge in [-0.05, 0) is 163 Å². The Morgan fingerprint density at radius 1 is 0.626 bits per heavy atom. The molecule has 11 heterocycles. The maximum atomic E-state index is 14.6. The number of hydrogen-bond acceptors (Lipinski definition) is 23. The maximum Gasteiger partial charge on any atom is 0.494 e. The first-order chi connectivity index (χ1) is 46.8. The van der Waals surface area contributed by atoms with Crippen LogP contribution in [0.3, 0.4) is 0 Å². The van der Waals surface area contributed by atoms with Crippen molar-refractivity contribution in [1.82, 2.24) is 44.6 Å². The van der Waals surface area contributed by atoms with Crippen molar-refractivity contribution in [2.45, 2.75) is 196 Å². The topological polar surface area (TPSA) is 301 Å². The molecule has 526 valence electrons. The quantitative estimate of drug-likeness (QED) is 0.103. The van der Waals surface area contributed by atoms with Crippen molar-refractivity contribution in [3.8, 4) is 0 Å². The minimum atomic E-state index is -0.601. The number of anilines is 5. The summed E-state index contributed by atoms with van der Waals surface area (Å²) in [6.45, 7) is 38.2. The molecule has 7 aliphatic heterocycles. The van der Waals surface area contributed by atoms with Gasteiger partial charge in [0.25, 0.3) is 0 Å². The monoisotopic (exact) mass is 1360 g/mol. The molecular weight excluding hydrogens is 1260 g/mol. The molecule has 7 aromatic rings. The van der Waals surface area contributed by atoms with E-state index in [0.29, 0.717) is 103 Å². The fourth-order valence-corrected chi connectivity index (χ4v) is 12.0. The molecule has 0 bridgehead atoms. The van der Waals surface area contributed by atoms with Crippen LogP contribution in [0, 0.1) is 11.6 Å². The van der Waals surface area contributed by atoms with Gasteiger partial charge in [0.15, 0.2) is 0 Å². The molecule has 0 spiro atoms. The van der Waals surface area contributed by atoms with Crippen molar-refractivity contribution >= 4 is 88.2 Å². The van der Waals surface area contributed by atoms with Gasteiger partial charge in [0.1, 0.15) is 59.5 Å². The summed E-state index contributed by atoms with van der Waals surface area (Å²) in [7, 11) is -1.03. The first kappa shape index (κ1) is 73.2. The molecule has 4 fully saturated rings. The molecule has 99 heavy (non-hydrogen) atoms. The van der Waals surface area contributed by atoms with E-state index in [1.807, 2.05) is 125 Å². The number of carbonyl (C=O) groups is 1. The highest BCUT2D eigenvalue weighted by atomic mass is 19.1. The third-order valence-electron chi connectivity index (χ3n) is 18.7. The van der Waals surface area contributed by atoms with E-state index in [0.717, 1.165) is 75.8 Å². The summed E-state index contributed by atoms with van der Waals surface area (Å²) in [6.07, 6.45) is 8.63. The Labute approximate surface area is 580 Å². The molecule has 3 aromatic carbocycles. The fraction of sp³-hybridized carbons (Fsp3) is 0.507. The molecule has 0 amide bonds. The number of nitrogens with two attached hydrogens (primary N) is 3. The number of carbonyl (C=O) groups excluding carboxylic acids is 1. The summed E-state index contributed by atoms with van der Waals surface area (Å²) in [5.74, 6) is 2.12. The molecule has 0 radical (unpaired) electrons. The van der Waals surface area contributed by atoms with Crippen LogP contribution in [0.25, 0.3) is 10.9 Å². The second-order valence-corrected chi connectivity index (χ2v) is 28.9. The number of benzene rings is 3. The van der Waals surface area contributed by atoms with E-state index < -0.39 is 48.3 Å². The smallest absolute Gasteiger partial charge is 0.442 e. The van der Waals surface area contributed by atoms with Crippen LogP contribution in [-0.4, -0.2) is 156 Å². The largest absolute Gasteiger partial charge is 0.494 e. The zero-order valence-corrected chi connectivity index (χ0v) is 60.1. The van der Waals surface area contributed by atoms with E-state index in [1.165, 1.54) is 55.1 Å². The van der Waals surface area contributed by atoms with Crippen LogP contribution in [0.1, 0.15) is 187 Å². The fourth-order valence-electron chi connectivity index (χ4n) is 12.0.